The Labute approximate surface area is 271 Å². The number of benzene rings is 4. The fourth-order valence-electron chi connectivity index (χ4n) is 6.11. The lowest BCUT2D eigenvalue weighted by Crippen LogP contribution is -2.31. The number of anilines is 1. The van der Waals surface area contributed by atoms with Crippen molar-refractivity contribution in [3.63, 3.8) is 0 Å². The highest BCUT2D eigenvalue weighted by molar-refractivity contribution is 9.10. The zero-order valence-electron chi connectivity index (χ0n) is 23.3. The second-order valence-electron chi connectivity index (χ2n) is 10.6. The van der Waals surface area contributed by atoms with Crippen molar-refractivity contribution in [2.24, 2.45) is 5.92 Å². The summed E-state index contributed by atoms with van der Waals surface area (Å²) in [6, 6.07) is 26.5. The fourth-order valence-corrected chi connectivity index (χ4v) is 8.32. The van der Waals surface area contributed by atoms with E-state index in [0.717, 1.165) is 21.3 Å². The molecule has 6 rings (SSSR count). The molecule has 0 radical (unpaired) electrons. The van der Waals surface area contributed by atoms with Crippen LogP contribution in [0.2, 0.25) is 0 Å². The Morgan fingerprint density at radius 1 is 1.00 bits per heavy atom. The third-order valence-electron chi connectivity index (χ3n) is 8.11. The normalized spacial score (nSPS) is 21.8. The largest absolute Gasteiger partial charge is 0.465 e. The van der Waals surface area contributed by atoms with Crippen LogP contribution in [0.15, 0.2) is 100 Å². The van der Waals surface area contributed by atoms with Crippen LogP contribution < -0.4 is 10.1 Å². The van der Waals surface area contributed by atoms with Crippen molar-refractivity contribution in [1.29, 1.82) is 0 Å². The molecule has 0 unspecified atom stereocenters. The van der Waals surface area contributed by atoms with Gasteiger partial charge in [0, 0.05) is 27.4 Å². The average molecular weight is 694 g/mol. The maximum Gasteiger partial charge on any atom is 0.343 e. The first-order valence-corrected chi connectivity index (χ1v) is 16.0. The van der Waals surface area contributed by atoms with Gasteiger partial charge in [0.05, 0.1) is 33.9 Å². The van der Waals surface area contributed by atoms with Crippen molar-refractivity contribution < 1.29 is 24.0 Å². The van der Waals surface area contributed by atoms with Gasteiger partial charge in [0.15, 0.2) is 0 Å². The van der Waals surface area contributed by atoms with Crippen LogP contribution in [-0.4, -0.2) is 34.6 Å². The monoisotopic (exact) mass is 692 g/mol. The van der Waals surface area contributed by atoms with Gasteiger partial charge in [-0.05, 0) is 72.0 Å². The van der Waals surface area contributed by atoms with E-state index in [1.807, 2.05) is 18.2 Å². The van der Waals surface area contributed by atoms with E-state index in [1.165, 1.54) is 31.0 Å². The smallest absolute Gasteiger partial charge is 0.343 e. The predicted molar refractivity (Wildman–Crippen MR) is 173 cm³/mol. The molecule has 5 atom stereocenters. The second kappa shape index (κ2) is 12.6. The summed E-state index contributed by atoms with van der Waals surface area (Å²) in [7, 11) is 1.26. The Kier molecular flexibility index (Phi) is 8.66. The van der Waals surface area contributed by atoms with Crippen LogP contribution in [0.5, 0.6) is 5.75 Å². The molecule has 0 amide bonds. The van der Waals surface area contributed by atoms with Crippen molar-refractivity contribution in [3.05, 3.63) is 128 Å². The Bertz CT molecular complexity index is 1750. The SMILES string of the molecule is COC(=O)c1ccccc1OC(=O)c1ccc2c(c1)[C@@H]1[C@H](Cl)[C@H](Sc3ccccc3[N+](=O)[O-])C[C@@H]1[C@H](c1ccc(Br)cc1)N2. The van der Waals surface area contributed by atoms with Crippen molar-refractivity contribution in [2.75, 3.05) is 12.4 Å². The van der Waals surface area contributed by atoms with Gasteiger partial charge in [0.25, 0.3) is 5.69 Å². The standard InChI is InChI=1S/C33H26BrClN2O6S/c1-42-33(39)21-6-2-4-8-26(21)43-32(38)19-12-15-24-22(16-19)29-23(31(36-24)18-10-13-20(34)14-11-18)17-28(30(29)35)44-27-9-5-3-7-25(27)37(40)41/h2-16,23,28-31,36H,17H2,1H3/t23-,28+,29-,30+,31-/m0/s1. The van der Waals surface area contributed by atoms with Crippen molar-refractivity contribution in [2.45, 2.75) is 33.9 Å². The number of nitro groups is 1. The summed E-state index contributed by atoms with van der Waals surface area (Å²) in [4.78, 5) is 37.5. The maximum absolute atomic E-state index is 13.4. The molecule has 224 valence electrons. The number of esters is 2. The Hall–Kier alpha value is -3.86. The van der Waals surface area contributed by atoms with Crippen LogP contribution in [-0.2, 0) is 4.74 Å². The van der Waals surface area contributed by atoms with Gasteiger partial charge in [0.2, 0.25) is 0 Å². The second-order valence-corrected chi connectivity index (χ2v) is 13.3. The zero-order valence-corrected chi connectivity index (χ0v) is 26.5. The number of hydrogen-bond donors (Lipinski definition) is 1. The number of hydrogen-bond acceptors (Lipinski definition) is 8. The maximum atomic E-state index is 13.4. The first kappa shape index (κ1) is 30.2. The van der Waals surface area contributed by atoms with Gasteiger partial charge in [0.1, 0.15) is 11.3 Å². The Morgan fingerprint density at radius 3 is 2.48 bits per heavy atom. The van der Waals surface area contributed by atoms with E-state index in [0.29, 0.717) is 16.9 Å². The molecule has 4 aromatic rings. The molecule has 11 heteroatoms. The number of nitrogens with one attached hydrogen (secondary N) is 1. The number of rotatable bonds is 7. The summed E-state index contributed by atoms with van der Waals surface area (Å²) in [5.41, 5.74) is 3.34. The van der Waals surface area contributed by atoms with Crippen molar-refractivity contribution in [1.82, 2.24) is 0 Å². The summed E-state index contributed by atoms with van der Waals surface area (Å²) in [5, 5.41) is 14.9. The van der Waals surface area contributed by atoms with Crippen molar-refractivity contribution in [3.8, 4) is 5.75 Å². The van der Waals surface area contributed by atoms with E-state index in [-0.39, 0.29) is 50.4 Å². The van der Waals surface area contributed by atoms with E-state index in [1.54, 1.807) is 48.5 Å². The fraction of sp³-hybridized carbons (Fsp3) is 0.212. The number of carbonyl (C=O) groups is 2. The lowest BCUT2D eigenvalue weighted by atomic mass is 9.77. The lowest BCUT2D eigenvalue weighted by Gasteiger charge is -2.38. The molecule has 2 aliphatic rings. The predicted octanol–water partition coefficient (Wildman–Crippen LogP) is 8.40. The number of nitrogens with zero attached hydrogens (tertiary/aromatic N) is 1. The molecule has 1 N–H and O–H groups in total. The van der Waals surface area contributed by atoms with Gasteiger partial charge in [-0.3, -0.25) is 10.1 Å². The van der Waals surface area contributed by atoms with Gasteiger partial charge in [-0.25, -0.2) is 9.59 Å². The molecule has 0 spiro atoms. The van der Waals surface area contributed by atoms with E-state index in [4.69, 9.17) is 21.1 Å². The molecule has 1 saturated carbocycles. The van der Waals surface area contributed by atoms with Crippen LogP contribution >= 0.6 is 39.3 Å². The number of alkyl halides is 1. The summed E-state index contributed by atoms with van der Waals surface area (Å²) < 4.78 is 11.5. The topological polar surface area (TPSA) is 108 Å². The van der Waals surface area contributed by atoms with Gasteiger partial charge >= 0.3 is 11.9 Å². The van der Waals surface area contributed by atoms with Gasteiger partial charge < -0.3 is 14.8 Å². The van der Waals surface area contributed by atoms with Crippen LogP contribution in [0.4, 0.5) is 11.4 Å². The van der Waals surface area contributed by atoms with Crippen LogP contribution in [0, 0.1) is 16.0 Å². The summed E-state index contributed by atoms with van der Waals surface area (Å²) in [5.74, 6) is -1.24. The number of methoxy groups -OCH3 is 1. The minimum atomic E-state index is -0.620. The molecule has 1 aliphatic carbocycles. The molecule has 1 heterocycles. The summed E-state index contributed by atoms with van der Waals surface area (Å²) in [6.07, 6.45) is 0.698. The highest BCUT2D eigenvalue weighted by Gasteiger charge is 2.50. The molecule has 0 aromatic heterocycles. The number of para-hydroxylation sites is 2. The molecule has 4 aromatic carbocycles. The molecular formula is C33H26BrClN2O6S. The average Bonchev–Trinajstić information content (AvgIpc) is 3.36. The number of halogens is 2. The number of nitro benzene ring substituents is 1. The molecule has 8 nitrogen and oxygen atoms in total. The van der Waals surface area contributed by atoms with Crippen LogP contribution in [0.3, 0.4) is 0 Å². The minimum Gasteiger partial charge on any atom is -0.465 e. The van der Waals surface area contributed by atoms with E-state index < -0.39 is 11.9 Å². The first-order chi connectivity index (χ1) is 21.2. The lowest BCUT2D eigenvalue weighted by molar-refractivity contribution is -0.387. The van der Waals surface area contributed by atoms with Gasteiger partial charge in [-0.2, -0.15) is 0 Å². The number of ether oxygens (including phenoxy) is 2. The van der Waals surface area contributed by atoms with E-state index in [9.17, 15) is 19.7 Å². The zero-order chi connectivity index (χ0) is 31.0. The third-order valence-corrected chi connectivity index (χ3v) is 10.8. The summed E-state index contributed by atoms with van der Waals surface area (Å²) in [6.45, 7) is 0. The molecule has 0 saturated heterocycles. The first-order valence-electron chi connectivity index (χ1n) is 13.8. The van der Waals surface area contributed by atoms with Gasteiger partial charge in [-0.15, -0.1) is 23.4 Å². The molecule has 1 fully saturated rings. The summed E-state index contributed by atoms with van der Waals surface area (Å²) >= 11 is 12.2. The third kappa shape index (κ3) is 5.81. The van der Waals surface area contributed by atoms with Crippen LogP contribution in [0.1, 0.15) is 50.2 Å². The molecule has 1 aliphatic heterocycles. The van der Waals surface area contributed by atoms with Gasteiger partial charge in [-0.1, -0.05) is 52.3 Å². The quantitative estimate of drug-likeness (QED) is 0.0676. The molecule has 44 heavy (non-hydrogen) atoms. The number of carbonyl (C=O) groups excluding carboxylic acids is 2. The van der Waals surface area contributed by atoms with E-state index >= 15 is 0 Å². The molecule has 0 bridgehead atoms. The molecular weight excluding hydrogens is 668 g/mol. The van der Waals surface area contributed by atoms with Crippen LogP contribution in [0.25, 0.3) is 0 Å². The van der Waals surface area contributed by atoms with E-state index in [2.05, 4.69) is 33.4 Å². The highest BCUT2D eigenvalue weighted by Crippen LogP contribution is 2.58. The Morgan fingerprint density at radius 2 is 1.73 bits per heavy atom. The Balaban J connectivity index is 1.35. The number of fused-ring (bicyclic) bond motifs is 3. The minimum absolute atomic E-state index is 0.0396. The number of thioether (sulfide) groups is 1. The van der Waals surface area contributed by atoms with Crippen molar-refractivity contribution >= 4 is 62.6 Å². The highest BCUT2D eigenvalue weighted by atomic mass is 79.9.